The van der Waals surface area contributed by atoms with Gasteiger partial charge in [-0.15, -0.1) is 0 Å². The van der Waals surface area contributed by atoms with Crippen LogP contribution < -0.4 is 10.0 Å². The monoisotopic (exact) mass is 444 g/mol. The molecule has 4 rings (SSSR count). The second kappa shape index (κ2) is 8.05. The van der Waals surface area contributed by atoms with Gasteiger partial charge >= 0.3 is 0 Å². The van der Waals surface area contributed by atoms with Crippen LogP contribution in [0.4, 0.5) is 5.82 Å². The molecule has 0 aliphatic carbocycles. The number of fused-ring (bicyclic) bond motifs is 1. The van der Waals surface area contributed by atoms with Crippen LogP contribution in [-0.4, -0.2) is 50.0 Å². The molecule has 0 saturated heterocycles. The fourth-order valence-corrected chi connectivity index (χ4v) is 4.86. The van der Waals surface area contributed by atoms with Crippen LogP contribution >= 0.6 is 11.7 Å². The molecule has 2 N–H and O–H groups in total. The molecule has 0 unspecified atom stereocenters. The third-order valence-corrected chi connectivity index (χ3v) is 6.35. The summed E-state index contributed by atoms with van der Waals surface area (Å²) in [5.41, 5.74) is 2.81. The molecular formula is C18H20N8O2S2. The van der Waals surface area contributed by atoms with Gasteiger partial charge in [-0.1, -0.05) is 6.07 Å². The van der Waals surface area contributed by atoms with E-state index >= 15 is 0 Å². The number of benzene rings is 1. The maximum absolute atomic E-state index is 12.6. The van der Waals surface area contributed by atoms with Gasteiger partial charge in [0.05, 0.1) is 17.4 Å². The third-order valence-electron chi connectivity index (χ3n) is 4.31. The van der Waals surface area contributed by atoms with Crippen molar-refractivity contribution < 1.29 is 8.42 Å². The first kappa shape index (κ1) is 20.3. The van der Waals surface area contributed by atoms with Crippen molar-refractivity contribution in [1.82, 2.24) is 33.2 Å². The second-order valence-corrected chi connectivity index (χ2v) is 8.97. The molecule has 0 bridgehead atoms. The van der Waals surface area contributed by atoms with Gasteiger partial charge in [0.15, 0.2) is 5.82 Å². The number of rotatable bonds is 7. The zero-order valence-electron chi connectivity index (χ0n) is 16.6. The van der Waals surface area contributed by atoms with Gasteiger partial charge in [0.2, 0.25) is 10.0 Å². The maximum Gasteiger partial charge on any atom is 0.242 e. The Balaban J connectivity index is 1.43. The van der Waals surface area contributed by atoms with Crippen molar-refractivity contribution >= 4 is 38.6 Å². The lowest BCUT2D eigenvalue weighted by atomic mass is 10.3. The highest BCUT2D eigenvalue weighted by Crippen LogP contribution is 2.20. The van der Waals surface area contributed by atoms with Crippen LogP contribution in [0.3, 0.4) is 0 Å². The lowest BCUT2D eigenvalue weighted by Gasteiger charge is -2.11. The van der Waals surface area contributed by atoms with E-state index in [0.717, 1.165) is 23.1 Å². The van der Waals surface area contributed by atoms with E-state index in [2.05, 4.69) is 33.9 Å². The van der Waals surface area contributed by atoms with Crippen molar-refractivity contribution in [2.45, 2.75) is 25.7 Å². The Morgan fingerprint density at radius 3 is 2.67 bits per heavy atom. The number of hydrogen-bond acceptors (Lipinski definition) is 9. The van der Waals surface area contributed by atoms with Crippen LogP contribution in [0.1, 0.15) is 17.2 Å². The zero-order valence-corrected chi connectivity index (χ0v) is 18.3. The van der Waals surface area contributed by atoms with E-state index in [1.807, 2.05) is 19.9 Å². The SMILES string of the molecule is Cc1cc(C)n(-c2cc(NCCNS(=O)(=O)c3cccc4nsnc34)nc(C)n2)n1. The van der Waals surface area contributed by atoms with Gasteiger partial charge in [-0.25, -0.2) is 27.8 Å². The average Bonchev–Trinajstić information content (AvgIpc) is 3.30. The van der Waals surface area contributed by atoms with Gasteiger partial charge in [-0.2, -0.15) is 13.8 Å². The Morgan fingerprint density at radius 1 is 1.07 bits per heavy atom. The van der Waals surface area contributed by atoms with Crippen molar-refractivity contribution in [1.29, 1.82) is 0 Å². The number of nitrogens with one attached hydrogen (secondary N) is 2. The molecule has 0 fully saturated rings. The smallest absolute Gasteiger partial charge is 0.242 e. The molecule has 3 aromatic heterocycles. The van der Waals surface area contributed by atoms with Crippen LogP contribution in [0, 0.1) is 20.8 Å². The van der Waals surface area contributed by atoms with Gasteiger partial charge < -0.3 is 5.32 Å². The van der Waals surface area contributed by atoms with E-state index in [9.17, 15) is 8.42 Å². The van der Waals surface area contributed by atoms with Crippen molar-refractivity contribution in [2.75, 3.05) is 18.4 Å². The third kappa shape index (κ3) is 4.15. The fourth-order valence-electron chi connectivity index (χ4n) is 3.06. The quantitative estimate of drug-likeness (QED) is 0.414. The molecular weight excluding hydrogens is 424 g/mol. The van der Waals surface area contributed by atoms with E-state index in [1.54, 1.807) is 29.8 Å². The maximum atomic E-state index is 12.6. The summed E-state index contributed by atoms with van der Waals surface area (Å²) >= 11 is 0.986. The van der Waals surface area contributed by atoms with Crippen LogP contribution in [0.2, 0.25) is 0 Å². The molecule has 0 aliphatic rings. The van der Waals surface area contributed by atoms with Gasteiger partial charge in [0.1, 0.15) is 27.6 Å². The van der Waals surface area contributed by atoms with Crippen molar-refractivity contribution in [3.63, 3.8) is 0 Å². The van der Waals surface area contributed by atoms with Crippen molar-refractivity contribution in [3.05, 3.63) is 47.5 Å². The minimum absolute atomic E-state index is 0.124. The minimum Gasteiger partial charge on any atom is -0.369 e. The Kier molecular flexibility index (Phi) is 5.45. The van der Waals surface area contributed by atoms with Crippen LogP contribution in [0.15, 0.2) is 35.2 Å². The predicted molar refractivity (Wildman–Crippen MR) is 114 cm³/mol. The Labute approximate surface area is 177 Å². The number of anilines is 1. The summed E-state index contributed by atoms with van der Waals surface area (Å²) in [6, 6.07) is 8.66. The highest BCUT2D eigenvalue weighted by atomic mass is 32.2. The first-order valence-corrected chi connectivity index (χ1v) is 11.4. The van der Waals surface area contributed by atoms with Gasteiger partial charge in [-0.3, -0.25) is 0 Å². The number of hydrogen-bond donors (Lipinski definition) is 2. The van der Waals surface area contributed by atoms with E-state index in [0.29, 0.717) is 35.0 Å². The molecule has 12 heteroatoms. The lowest BCUT2D eigenvalue weighted by molar-refractivity contribution is 0.583. The summed E-state index contributed by atoms with van der Waals surface area (Å²) in [7, 11) is -3.71. The fraction of sp³-hybridized carbons (Fsp3) is 0.278. The first-order chi connectivity index (χ1) is 14.3. The molecule has 1 aromatic carbocycles. The average molecular weight is 445 g/mol. The van der Waals surface area contributed by atoms with Crippen LogP contribution in [0.5, 0.6) is 0 Å². The van der Waals surface area contributed by atoms with E-state index in [4.69, 9.17) is 0 Å². The van der Waals surface area contributed by atoms with Gasteiger partial charge in [-0.05, 0) is 39.0 Å². The highest BCUT2D eigenvalue weighted by Gasteiger charge is 2.19. The standard InChI is InChI=1S/C18H20N8O2S2/c1-11-9-12(2)26(23-11)17-10-16(21-13(3)22-17)19-7-8-20-30(27,28)15-6-4-5-14-18(15)25-29-24-14/h4-6,9-10,20H,7-8H2,1-3H3,(H,19,21,22). The number of aryl methyl sites for hydroxylation is 3. The van der Waals surface area contributed by atoms with E-state index in [-0.39, 0.29) is 11.4 Å². The topological polar surface area (TPSA) is 128 Å². The Morgan fingerprint density at radius 2 is 1.90 bits per heavy atom. The van der Waals surface area contributed by atoms with Gasteiger partial charge in [0, 0.05) is 24.8 Å². The predicted octanol–water partition coefficient (Wildman–Crippen LogP) is 1.98. The summed E-state index contributed by atoms with van der Waals surface area (Å²) in [6.45, 7) is 6.19. The van der Waals surface area contributed by atoms with E-state index in [1.165, 1.54) is 6.07 Å². The molecule has 0 spiro atoms. The highest BCUT2D eigenvalue weighted by molar-refractivity contribution is 7.89. The molecule has 3 heterocycles. The lowest BCUT2D eigenvalue weighted by Crippen LogP contribution is -2.29. The van der Waals surface area contributed by atoms with E-state index < -0.39 is 10.0 Å². The molecule has 4 aromatic rings. The minimum atomic E-state index is -3.71. The molecule has 10 nitrogen and oxygen atoms in total. The number of sulfonamides is 1. The number of nitrogens with zero attached hydrogens (tertiary/aromatic N) is 6. The summed E-state index contributed by atoms with van der Waals surface area (Å²) in [5, 5.41) is 7.58. The molecule has 0 amide bonds. The zero-order chi connectivity index (χ0) is 21.3. The summed E-state index contributed by atoms with van der Waals surface area (Å²) in [6.07, 6.45) is 0. The molecule has 0 radical (unpaired) electrons. The molecule has 0 saturated carbocycles. The molecule has 0 atom stereocenters. The van der Waals surface area contributed by atoms with Gasteiger partial charge in [0.25, 0.3) is 0 Å². The number of aromatic nitrogens is 6. The van der Waals surface area contributed by atoms with Crippen molar-refractivity contribution in [3.8, 4) is 5.82 Å². The first-order valence-electron chi connectivity index (χ1n) is 9.18. The van der Waals surface area contributed by atoms with Crippen LogP contribution in [-0.2, 0) is 10.0 Å². The molecule has 156 valence electrons. The largest absolute Gasteiger partial charge is 0.369 e. The van der Waals surface area contributed by atoms with Crippen LogP contribution in [0.25, 0.3) is 16.9 Å². The normalized spacial score (nSPS) is 11.8. The summed E-state index contributed by atoms with van der Waals surface area (Å²) in [4.78, 5) is 8.92. The summed E-state index contributed by atoms with van der Waals surface area (Å²) < 4.78 is 37.8. The molecule has 30 heavy (non-hydrogen) atoms. The molecule has 0 aliphatic heterocycles. The van der Waals surface area contributed by atoms with Crippen molar-refractivity contribution in [2.24, 2.45) is 0 Å². The summed E-state index contributed by atoms with van der Waals surface area (Å²) in [5.74, 6) is 1.83. The second-order valence-electron chi connectivity index (χ2n) is 6.71. The Hall–Kier alpha value is -2.96. The Bertz CT molecular complexity index is 1310.